The summed E-state index contributed by atoms with van der Waals surface area (Å²) in [6, 6.07) is 34.8. The molecule has 0 unspecified atom stereocenters. The van der Waals surface area contributed by atoms with Gasteiger partial charge in [-0.25, -0.2) is 4.98 Å². The summed E-state index contributed by atoms with van der Waals surface area (Å²) < 4.78 is 2.10. The fourth-order valence-electron chi connectivity index (χ4n) is 4.71. The van der Waals surface area contributed by atoms with Crippen molar-refractivity contribution in [2.24, 2.45) is 0 Å². The van der Waals surface area contributed by atoms with E-state index in [1.807, 2.05) is 78.9 Å². The molecule has 0 aliphatic rings. The Balaban J connectivity index is 0.00000252. The zero-order valence-corrected chi connectivity index (χ0v) is 21.7. The number of fused-ring (bicyclic) bond motifs is 4. The van der Waals surface area contributed by atoms with Crippen LogP contribution in [0.25, 0.3) is 61.2 Å². The Morgan fingerprint density at radius 2 is 1.54 bits per heavy atom. The van der Waals surface area contributed by atoms with E-state index in [9.17, 15) is 5.11 Å². The van der Waals surface area contributed by atoms with Crippen LogP contribution in [0.1, 0.15) is 0 Å². The summed E-state index contributed by atoms with van der Waals surface area (Å²) >= 11 is 0. The van der Waals surface area contributed by atoms with E-state index < -0.39 is 0 Å². The monoisotopic (exact) mass is 658 g/mol. The first kappa shape index (κ1) is 23.1. The predicted octanol–water partition coefficient (Wildman–Crippen LogP) is 6.93. The molecule has 7 rings (SSSR count). The van der Waals surface area contributed by atoms with Crippen LogP contribution < -0.4 is 0 Å². The molecule has 7 aromatic rings. The minimum atomic E-state index is 0. The van der Waals surface area contributed by atoms with E-state index in [0.717, 1.165) is 50.0 Å². The molecule has 180 valence electrons. The van der Waals surface area contributed by atoms with Gasteiger partial charge >= 0.3 is 0 Å². The van der Waals surface area contributed by atoms with Gasteiger partial charge in [0.25, 0.3) is 0 Å². The van der Waals surface area contributed by atoms with Gasteiger partial charge in [-0.3, -0.25) is 14.4 Å². The molecule has 0 aliphatic carbocycles. The van der Waals surface area contributed by atoms with E-state index in [2.05, 4.69) is 33.8 Å². The first-order chi connectivity index (χ1) is 17.7. The predicted molar refractivity (Wildman–Crippen MR) is 143 cm³/mol. The molecular weight excluding hydrogens is 639 g/mol. The van der Waals surface area contributed by atoms with Gasteiger partial charge in [0.1, 0.15) is 11.4 Å². The number of benzene rings is 3. The molecule has 0 saturated carbocycles. The van der Waals surface area contributed by atoms with Gasteiger partial charge in [-0.1, -0.05) is 47.5 Å². The number of aromatic nitrogens is 4. The quantitative estimate of drug-likeness (QED) is 0.209. The molecule has 37 heavy (non-hydrogen) atoms. The van der Waals surface area contributed by atoms with E-state index in [1.54, 1.807) is 12.3 Å². The van der Waals surface area contributed by atoms with E-state index >= 15 is 0 Å². The number of pyridine rings is 3. The summed E-state index contributed by atoms with van der Waals surface area (Å²) in [7, 11) is 0. The molecule has 4 heterocycles. The molecule has 5 nitrogen and oxygen atoms in total. The molecular formula is C31H19N4OPt-. The second-order valence-corrected chi connectivity index (χ2v) is 8.67. The maximum atomic E-state index is 10.6. The standard InChI is InChI=1S/C31H19N4O.Pt/c36-29-14-4-1-10-23(29)27-17-22-19-35-28-13-3-2-12-26(28)33-30(35)18-24(22)31(34-27)21-9-7-8-20(16-21)25-11-5-6-15-32-25;/h1-15,17-19,36H;/q-1;. The molecule has 0 amide bonds. The van der Waals surface area contributed by atoms with Crippen molar-refractivity contribution in [2.45, 2.75) is 0 Å². The third-order valence-electron chi connectivity index (χ3n) is 6.43. The normalized spacial score (nSPS) is 11.1. The number of rotatable bonds is 3. The fourth-order valence-corrected chi connectivity index (χ4v) is 4.71. The SMILES string of the molecule is Oc1ccccc1-c1cc2cn3c(cc2c(-c2[c-]c(-c4ccccn4)ccc2)n1)nc1ccccc13.[Pt]. The van der Waals surface area contributed by atoms with Gasteiger partial charge in [-0.15, -0.1) is 24.3 Å². The number of phenolic OH excluding ortho intramolecular Hbond substituents is 1. The smallest absolute Gasteiger partial charge is 0.137 e. The van der Waals surface area contributed by atoms with Gasteiger partial charge in [-0.05, 0) is 53.2 Å². The Bertz CT molecular complexity index is 1910. The Labute approximate surface area is 227 Å². The summed E-state index contributed by atoms with van der Waals surface area (Å²) in [5, 5.41) is 12.6. The number of hydrogen-bond donors (Lipinski definition) is 1. The molecule has 4 aromatic heterocycles. The fraction of sp³-hybridized carbons (Fsp3) is 0. The Kier molecular flexibility index (Phi) is 5.78. The van der Waals surface area contributed by atoms with Crippen LogP contribution in [0.5, 0.6) is 5.75 Å². The Morgan fingerprint density at radius 1 is 0.730 bits per heavy atom. The van der Waals surface area contributed by atoms with Crippen molar-refractivity contribution in [3.8, 4) is 39.5 Å². The zero-order chi connectivity index (χ0) is 24.1. The largest absolute Gasteiger partial charge is 0.507 e. The third kappa shape index (κ3) is 3.98. The number of imidazole rings is 1. The molecule has 0 radical (unpaired) electrons. The number of phenols is 1. The number of nitrogens with zero attached hydrogens (tertiary/aromatic N) is 4. The van der Waals surface area contributed by atoms with E-state index in [0.29, 0.717) is 11.3 Å². The third-order valence-corrected chi connectivity index (χ3v) is 6.43. The van der Waals surface area contributed by atoms with Crippen molar-refractivity contribution < 1.29 is 26.2 Å². The number of hydrogen-bond acceptors (Lipinski definition) is 4. The van der Waals surface area contributed by atoms with Crippen LogP contribution in [0.4, 0.5) is 0 Å². The van der Waals surface area contributed by atoms with Gasteiger partial charge in [0, 0.05) is 50.4 Å². The second-order valence-electron chi connectivity index (χ2n) is 8.67. The van der Waals surface area contributed by atoms with Crippen molar-refractivity contribution in [2.75, 3.05) is 0 Å². The minimum Gasteiger partial charge on any atom is -0.507 e. The number of aromatic hydroxyl groups is 1. The van der Waals surface area contributed by atoms with Crippen molar-refractivity contribution >= 4 is 27.5 Å². The van der Waals surface area contributed by atoms with Crippen LogP contribution in [-0.4, -0.2) is 24.5 Å². The van der Waals surface area contributed by atoms with Crippen LogP contribution >= 0.6 is 0 Å². The van der Waals surface area contributed by atoms with Gasteiger partial charge in [-0.2, -0.15) is 0 Å². The topological polar surface area (TPSA) is 63.3 Å². The molecule has 3 aromatic carbocycles. The van der Waals surface area contributed by atoms with Crippen LogP contribution in [0, 0.1) is 6.07 Å². The van der Waals surface area contributed by atoms with Crippen LogP contribution in [0.15, 0.2) is 109 Å². The molecule has 0 fully saturated rings. The van der Waals surface area contributed by atoms with Crippen molar-refractivity contribution in [1.82, 2.24) is 19.4 Å². The van der Waals surface area contributed by atoms with Crippen molar-refractivity contribution in [3.05, 3.63) is 116 Å². The summed E-state index contributed by atoms with van der Waals surface area (Å²) in [6.45, 7) is 0. The molecule has 0 bridgehead atoms. The van der Waals surface area contributed by atoms with Crippen molar-refractivity contribution in [1.29, 1.82) is 0 Å². The summed E-state index contributed by atoms with van der Waals surface area (Å²) in [4.78, 5) is 14.4. The van der Waals surface area contributed by atoms with Crippen LogP contribution in [0.3, 0.4) is 0 Å². The Hall–Kier alpha value is -4.34. The molecule has 0 saturated heterocycles. The van der Waals surface area contributed by atoms with Crippen LogP contribution in [-0.2, 0) is 21.1 Å². The maximum Gasteiger partial charge on any atom is 0.137 e. The molecule has 1 N–H and O–H groups in total. The van der Waals surface area contributed by atoms with Crippen LogP contribution in [0.2, 0.25) is 0 Å². The summed E-state index contributed by atoms with van der Waals surface area (Å²) in [6.07, 6.45) is 3.87. The van der Waals surface area contributed by atoms with Crippen molar-refractivity contribution in [3.63, 3.8) is 0 Å². The first-order valence-electron chi connectivity index (χ1n) is 11.7. The van der Waals surface area contributed by atoms with Gasteiger partial charge < -0.3 is 5.11 Å². The Morgan fingerprint density at radius 3 is 2.41 bits per heavy atom. The average Bonchev–Trinajstić information content (AvgIpc) is 3.29. The maximum absolute atomic E-state index is 10.6. The van der Waals surface area contributed by atoms with Gasteiger partial charge in [0.2, 0.25) is 0 Å². The molecule has 0 aliphatic heterocycles. The van der Waals surface area contributed by atoms with E-state index in [1.165, 1.54) is 0 Å². The molecule has 0 spiro atoms. The van der Waals surface area contributed by atoms with Gasteiger partial charge in [0.05, 0.1) is 16.7 Å². The number of para-hydroxylation sites is 3. The zero-order valence-electron chi connectivity index (χ0n) is 19.4. The first-order valence-corrected chi connectivity index (χ1v) is 11.7. The summed E-state index contributed by atoms with van der Waals surface area (Å²) in [5.74, 6) is 0.190. The second kappa shape index (κ2) is 9.27. The van der Waals surface area contributed by atoms with E-state index in [4.69, 9.17) is 9.97 Å². The van der Waals surface area contributed by atoms with E-state index in [-0.39, 0.29) is 26.8 Å². The summed E-state index contributed by atoms with van der Waals surface area (Å²) in [5.41, 5.74) is 7.56. The minimum absolute atomic E-state index is 0. The molecule has 0 atom stereocenters. The molecule has 6 heteroatoms. The average molecular weight is 659 g/mol. The van der Waals surface area contributed by atoms with Gasteiger partial charge in [0.15, 0.2) is 0 Å².